The summed E-state index contributed by atoms with van der Waals surface area (Å²) < 4.78 is 15.4. The molecule has 0 radical (unpaired) electrons. The van der Waals surface area contributed by atoms with Gasteiger partial charge in [-0.05, 0) is 24.3 Å². The first kappa shape index (κ1) is 18.3. The Morgan fingerprint density at radius 1 is 0.760 bits per heavy atom. The number of methoxy groups -OCH3 is 2. The van der Waals surface area contributed by atoms with E-state index in [9.17, 15) is 9.59 Å². The third-order valence-electron chi connectivity index (χ3n) is 3.23. The molecule has 0 bridgehead atoms. The summed E-state index contributed by atoms with van der Waals surface area (Å²) in [5, 5.41) is 5.32. The number of ether oxygens (including phenoxy) is 3. The highest BCUT2D eigenvalue weighted by Gasteiger charge is 2.10. The van der Waals surface area contributed by atoms with Gasteiger partial charge in [-0.2, -0.15) is 0 Å². The van der Waals surface area contributed by atoms with Crippen LogP contribution in [0.3, 0.4) is 0 Å². The van der Waals surface area contributed by atoms with E-state index in [0.717, 1.165) is 0 Å². The predicted molar refractivity (Wildman–Crippen MR) is 94.1 cm³/mol. The normalized spacial score (nSPS) is 10.0. The van der Waals surface area contributed by atoms with E-state index < -0.39 is 0 Å². The zero-order valence-corrected chi connectivity index (χ0v) is 14.1. The van der Waals surface area contributed by atoms with Gasteiger partial charge in [-0.1, -0.05) is 24.3 Å². The fourth-order valence-corrected chi connectivity index (χ4v) is 2.10. The van der Waals surface area contributed by atoms with E-state index in [1.54, 1.807) is 48.5 Å². The highest BCUT2D eigenvalue weighted by Crippen LogP contribution is 2.23. The van der Waals surface area contributed by atoms with Gasteiger partial charge in [-0.3, -0.25) is 9.59 Å². The quantitative estimate of drug-likeness (QED) is 0.767. The molecule has 7 nitrogen and oxygen atoms in total. The SMILES string of the molecule is COc1ccccc1NC(=O)COCC(=O)Nc1ccccc1OC. The summed E-state index contributed by atoms with van der Waals surface area (Å²) in [6, 6.07) is 14.0. The van der Waals surface area contributed by atoms with Crippen molar-refractivity contribution in [2.45, 2.75) is 0 Å². The van der Waals surface area contributed by atoms with Crippen molar-refractivity contribution in [2.75, 3.05) is 38.1 Å². The molecule has 0 unspecified atom stereocenters. The van der Waals surface area contributed by atoms with Crippen LogP contribution in [-0.4, -0.2) is 39.2 Å². The minimum absolute atomic E-state index is 0.253. The molecule has 0 aliphatic heterocycles. The summed E-state index contributed by atoms with van der Waals surface area (Å²) in [6.07, 6.45) is 0. The van der Waals surface area contributed by atoms with Gasteiger partial charge in [0.15, 0.2) is 0 Å². The first-order valence-electron chi connectivity index (χ1n) is 7.57. The van der Waals surface area contributed by atoms with Crippen LogP contribution < -0.4 is 20.1 Å². The van der Waals surface area contributed by atoms with Crippen LogP contribution in [0.4, 0.5) is 11.4 Å². The Hall–Kier alpha value is -3.06. The maximum atomic E-state index is 11.9. The van der Waals surface area contributed by atoms with Gasteiger partial charge in [0.25, 0.3) is 0 Å². The Labute approximate surface area is 145 Å². The summed E-state index contributed by atoms with van der Waals surface area (Å²) >= 11 is 0. The number of para-hydroxylation sites is 4. The molecule has 0 atom stereocenters. The molecular weight excluding hydrogens is 324 g/mol. The Kier molecular flexibility index (Phi) is 6.79. The third kappa shape index (κ3) is 5.50. The fraction of sp³-hybridized carbons (Fsp3) is 0.222. The van der Waals surface area contributed by atoms with E-state index in [2.05, 4.69) is 10.6 Å². The van der Waals surface area contributed by atoms with E-state index in [1.807, 2.05) is 0 Å². The highest BCUT2D eigenvalue weighted by molar-refractivity contribution is 5.95. The van der Waals surface area contributed by atoms with Crippen LogP contribution in [0.5, 0.6) is 11.5 Å². The molecule has 2 aromatic carbocycles. The molecule has 0 aromatic heterocycles. The lowest BCUT2D eigenvalue weighted by molar-refractivity contribution is -0.125. The maximum Gasteiger partial charge on any atom is 0.250 e. The zero-order valence-electron chi connectivity index (χ0n) is 14.1. The van der Waals surface area contributed by atoms with Crippen molar-refractivity contribution in [2.24, 2.45) is 0 Å². The molecule has 0 saturated heterocycles. The van der Waals surface area contributed by atoms with Crippen LogP contribution in [0, 0.1) is 0 Å². The lowest BCUT2D eigenvalue weighted by Gasteiger charge is -2.11. The van der Waals surface area contributed by atoms with Crippen LogP contribution in [0.15, 0.2) is 48.5 Å². The van der Waals surface area contributed by atoms with Crippen molar-refractivity contribution < 1.29 is 23.8 Å². The summed E-state index contributed by atoms with van der Waals surface area (Å²) in [5.74, 6) is 0.332. The molecule has 2 N–H and O–H groups in total. The summed E-state index contributed by atoms with van der Waals surface area (Å²) in [6.45, 7) is -0.505. The number of carbonyl (C=O) groups excluding carboxylic acids is 2. The maximum absolute atomic E-state index is 11.9. The molecule has 7 heteroatoms. The Bertz CT molecular complexity index is 671. The smallest absolute Gasteiger partial charge is 0.250 e. The monoisotopic (exact) mass is 344 g/mol. The van der Waals surface area contributed by atoms with Crippen molar-refractivity contribution >= 4 is 23.2 Å². The summed E-state index contributed by atoms with van der Waals surface area (Å²) in [5.41, 5.74) is 1.08. The molecular formula is C18H20N2O5. The highest BCUT2D eigenvalue weighted by atomic mass is 16.5. The van der Waals surface area contributed by atoms with Crippen LogP contribution in [0.1, 0.15) is 0 Å². The fourth-order valence-electron chi connectivity index (χ4n) is 2.10. The molecule has 2 aromatic rings. The predicted octanol–water partition coefficient (Wildman–Crippen LogP) is 2.30. The minimum atomic E-state index is -0.380. The second kappa shape index (κ2) is 9.29. The molecule has 25 heavy (non-hydrogen) atoms. The number of carbonyl (C=O) groups is 2. The van der Waals surface area contributed by atoms with E-state index in [-0.39, 0.29) is 25.0 Å². The number of amides is 2. The van der Waals surface area contributed by atoms with Gasteiger partial charge >= 0.3 is 0 Å². The van der Waals surface area contributed by atoms with Gasteiger partial charge < -0.3 is 24.8 Å². The number of hydrogen-bond donors (Lipinski definition) is 2. The van der Waals surface area contributed by atoms with Crippen LogP contribution >= 0.6 is 0 Å². The molecule has 0 spiro atoms. The Balaban J connectivity index is 1.78. The number of benzene rings is 2. The number of anilines is 2. The Morgan fingerprint density at radius 2 is 1.16 bits per heavy atom. The first-order chi connectivity index (χ1) is 12.1. The van der Waals surface area contributed by atoms with Crippen molar-refractivity contribution in [1.29, 1.82) is 0 Å². The van der Waals surface area contributed by atoms with Crippen molar-refractivity contribution in [3.05, 3.63) is 48.5 Å². The topological polar surface area (TPSA) is 85.9 Å². The standard InChI is InChI=1S/C18H20N2O5/c1-23-15-9-5-3-7-13(15)19-17(21)11-25-12-18(22)20-14-8-4-6-10-16(14)24-2/h3-10H,11-12H2,1-2H3,(H,19,21)(H,20,22). The second-order valence-electron chi connectivity index (χ2n) is 4.99. The van der Waals surface area contributed by atoms with E-state index in [1.165, 1.54) is 14.2 Å². The average molecular weight is 344 g/mol. The van der Waals surface area contributed by atoms with Gasteiger partial charge in [-0.15, -0.1) is 0 Å². The Morgan fingerprint density at radius 3 is 1.56 bits per heavy atom. The lowest BCUT2D eigenvalue weighted by Crippen LogP contribution is -2.24. The number of rotatable bonds is 8. The van der Waals surface area contributed by atoms with Gasteiger partial charge in [-0.25, -0.2) is 0 Å². The zero-order chi connectivity index (χ0) is 18.1. The molecule has 2 rings (SSSR count). The van der Waals surface area contributed by atoms with Crippen LogP contribution in [0.25, 0.3) is 0 Å². The minimum Gasteiger partial charge on any atom is -0.495 e. The molecule has 2 amide bonds. The third-order valence-corrected chi connectivity index (χ3v) is 3.23. The van der Waals surface area contributed by atoms with E-state index in [0.29, 0.717) is 22.9 Å². The lowest BCUT2D eigenvalue weighted by atomic mass is 10.3. The summed E-state index contributed by atoms with van der Waals surface area (Å²) in [7, 11) is 3.04. The second-order valence-corrected chi connectivity index (χ2v) is 4.99. The average Bonchev–Trinajstić information content (AvgIpc) is 2.62. The molecule has 0 heterocycles. The van der Waals surface area contributed by atoms with Crippen LogP contribution in [-0.2, 0) is 14.3 Å². The molecule has 0 aliphatic carbocycles. The van der Waals surface area contributed by atoms with Gasteiger partial charge in [0.1, 0.15) is 24.7 Å². The van der Waals surface area contributed by atoms with Gasteiger partial charge in [0.2, 0.25) is 11.8 Å². The largest absolute Gasteiger partial charge is 0.495 e. The molecule has 0 saturated carbocycles. The summed E-state index contributed by atoms with van der Waals surface area (Å²) in [4.78, 5) is 23.8. The van der Waals surface area contributed by atoms with Gasteiger partial charge in [0.05, 0.1) is 25.6 Å². The van der Waals surface area contributed by atoms with Crippen molar-refractivity contribution in [1.82, 2.24) is 0 Å². The van der Waals surface area contributed by atoms with Gasteiger partial charge in [0, 0.05) is 0 Å². The first-order valence-corrected chi connectivity index (χ1v) is 7.57. The molecule has 0 fully saturated rings. The van der Waals surface area contributed by atoms with Crippen LogP contribution in [0.2, 0.25) is 0 Å². The number of hydrogen-bond acceptors (Lipinski definition) is 5. The number of nitrogens with one attached hydrogen (secondary N) is 2. The van der Waals surface area contributed by atoms with E-state index >= 15 is 0 Å². The molecule has 0 aliphatic rings. The van der Waals surface area contributed by atoms with Crippen molar-refractivity contribution in [3.63, 3.8) is 0 Å². The molecule has 132 valence electrons. The van der Waals surface area contributed by atoms with Crippen molar-refractivity contribution in [3.8, 4) is 11.5 Å². The van der Waals surface area contributed by atoms with E-state index in [4.69, 9.17) is 14.2 Å².